The van der Waals surface area contributed by atoms with E-state index in [0.29, 0.717) is 17.4 Å². The lowest BCUT2D eigenvalue weighted by atomic mass is 10.3. The molecule has 0 aromatic heterocycles. The first-order chi connectivity index (χ1) is 9.10. The molecular weight excluding hydrogens is 326 g/mol. The van der Waals surface area contributed by atoms with Crippen molar-refractivity contribution in [2.45, 2.75) is 37.1 Å². The summed E-state index contributed by atoms with van der Waals surface area (Å²) in [5.74, 6) is 0.219. The van der Waals surface area contributed by atoms with Crippen molar-refractivity contribution in [3.63, 3.8) is 0 Å². The normalized spacial score (nSPS) is 15.5. The van der Waals surface area contributed by atoms with Crippen LogP contribution in [-0.4, -0.2) is 32.1 Å². The highest BCUT2D eigenvalue weighted by molar-refractivity contribution is 9.09. The zero-order chi connectivity index (χ0) is 13.9. The van der Waals surface area contributed by atoms with Gasteiger partial charge in [0.25, 0.3) is 0 Å². The molecule has 0 bridgehead atoms. The number of nitrogens with zero attached hydrogens (tertiary/aromatic N) is 1. The van der Waals surface area contributed by atoms with Crippen LogP contribution >= 0.6 is 15.9 Å². The minimum Gasteiger partial charge on any atom is -0.367 e. The summed E-state index contributed by atoms with van der Waals surface area (Å²) in [7, 11) is -3.17. The summed E-state index contributed by atoms with van der Waals surface area (Å²) in [6.45, 7) is 2.75. The Kier molecular flexibility index (Phi) is 4.90. The van der Waals surface area contributed by atoms with Crippen molar-refractivity contribution < 1.29 is 8.42 Å². The van der Waals surface area contributed by atoms with Crippen molar-refractivity contribution in [3.8, 4) is 0 Å². The van der Waals surface area contributed by atoms with Crippen molar-refractivity contribution in [1.82, 2.24) is 0 Å². The number of sulfone groups is 1. The molecule has 0 spiro atoms. The van der Waals surface area contributed by atoms with E-state index < -0.39 is 9.84 Å². The highest BCUT2D eigenvalue weighted by Gasteiger charge is 2.31. The van der Waals surface area contributed by atoms with Gasteiger partial charge in [-0.05, 0) is 31.4 Å². The second-order valence-electron chi connectivity index (χ2n) is 4.90. The zero-order valence-electron chi connectivity index (χ0n) is 11.2. The third kappa shape index (κ3) is 3.51. The lowest BCUT2D eigenvalue weighted by molar-refractivity contribution is 0.594. The fourth-order valence-corrected chi connectivity index (χ4v) is 4.24. The molecule has 0 radical (unpaired) electrons. The number of alkyl halides is 1. The van der Waals surface area contributed by atoms with Crippen LogP contribution in [0.3, 0.4) is 0 Å². The van der Waals surface area contributed by atoms with E-state index in [9.17, 15) is 8.42 Å². The Morgan fingerprint density at radius 3 is 2.58 bits per heavy atom. The molecule has 1 saturated carbocycles. The van der Waals surface area contributed by atoms with Gasteiger partial charge in [-0.25, -0.2) is 8.42 Å². The molecule has 5 heteroatoms. The van der Waals surface area contributed by atoms with Gasteiger partial charge in [0.1, 0.15) is 0 Å². The van der Waals surface area contributed by atoms with Crippen LogP contribution in [0.2, 0.25) is 0 Å². The van der Waals surface area contributed by atoms with E-state index in [1.165, 1.54) is 0 Å². The van der Waals surface area contributed by atoms with Crippen LogP contribution in [0.4, 0.5) is 5.69 Å². The number of para-hydroxylation sites is 1. The quantitative estimate of drug-likeness (QED) is 0.712. The summed E-state index contributed by atoms with van der Waals surface area (Å²) in [6, 6.07) is 7.92. The maximum atomic E-state index is 12.4. The molecule has 1 aliphatic carbocycles. The fraction of sp³-hybridized carbons (Fsp3) is 0.571. The number of hydrogen-bond acceptors (Lipinski definition) is 3. The molecule has 0 amide bonds. The van der Waals surface area contributed by atoms with Crippen LogP contribution in [0.15, 0.2) is 29.2 Å². The fourth-order valence-electron chi connectivity index (χ4n) is 2.31. The predicted octanol–water partition coefficient (Wildman–Crippen LogP) is 3.23. The highest BCUT2D eigenvalue weighted by Crippen LogP contribution is 2.35. The summed E-state index contributed by atoms with van der Waals surface area (Å²) in [6.07, 6.45) is 2.98. The molecule has 1 aromatic carbocycles. The SMILES string of the molecule is CCCS(=O)(=O)c1ccccc1N(CCBr)C1CC1. The molecule has 0 unspecified atom stereocenters. The smallest absolute Gasteiger partial charge is 0.180 e. The van der Waals surface area contributed by atoms with Gasteiger partial charge in [0.05, 0.1) is 16.3 Å². The van der Waals surface area contributed by atoms with Crippen LogP contribution < -0.4 is 4.90 Å². The minimum atomic E-state index is -3.17. The van der Waals surface area contributed by atoms with Crippen molar-refractivity contribution in [3.05, 3.63) is 24.3 Å². The van der Waals surface area contributed by atoms with Crippen LogP contribution in [0.5, 0.6) is 0 Å². The summed E-state index contributed by atoms with van der Waals surface area (Å²) in [5, 5.41) is 0.853. The summed E-state index contributed by atoms with van der Waals surface area (Å²) >= 11 is 3.46. The standard InChI is InChI=1S/C14H20BrNO2S/c1-2-11-19(17,18)14-6-4-3-5-13(14)16(10-9-15)12-7-8-12/h3-6,12H,2,7-11H2,1H3. The number of anilines is 1. The van der Waals surface area contributed by atoms with Gasteiger partial charge in [0.2, 0.25) is 0 Å². The van der Waals surface area contributed by atoms with Gasteiger partial charge in [0.15, 0.2) is 9.84 Å². The number of benzene rings is 1. The van der Waals surface area contributed by atoms with Crippen molar-refractivity contribution >= 4 is 31.5 Å². The Morgan fingerprint density at radius 1 is 1.32 bits per heavy atom. The van der Waals surface area contributed by atoms with Gasteiger partial charge in [-0.1, -0.05) is 35.0 Å². The zero-order valence-corrected chi connectivity index (χ0v) is 13.6. The van der Waals surface area contributed by atoms with E-state index in [0.717, 1.165) is 30.4 Å². The molecule has 1 fully saturated rings. The number of rotatable bonds is 7. The Hall–Kier alpha value is -0.550. The maximum absolute atomic E-state index is 12.4. The van der Waals surface area contributed by atoms with Gasteiger partial charge >= 0.3 is 0 Å². The first kappa shape index (κ1) is 14.9. The Labute approximate surface area is 124 Å². The topological polar surface area (TPSA) is 37.4 Å². The summed E-state index contributed by atoms with van der Waals surface area (Å²) in [4.78, 5) is 2.72. The lowest BCUT2D eigenvalue weighted by Crippen LogP contribution is -2.29. The molecular formula is C14H20BrNO2S. The highest BCUT2D eigenvalue weighted by atomic mass is 79.9. The van der Waals surface area contributed by atoms with E-state index in [1.54, 1.807) is 6.07 Å². The lowest BCUT2D eigenvalue weighted by Gasteiger charge is -2.26. The van der Waals surface area contributed by atoms with Crippen LogP contribution in [0.25, 0.3) is 0 Å². The maximum Gasteiger partial charge on any atom is 0.180 e. The monoisotopic (exact) mass is 345 g/mol. The van der Waals surface area contributed by atoms with Crippen molar-refractivity contribution in [2.75, 3.05) is 22.5 Å². The average Bonchev–Trinajstić information content (AvgIpc) is 3.20. The van der Waals surface area contributed by atoms with Crippen molar-refractivity contribution in [2.24, 2.45) is 0 Å². The van der Waals surface area contributed by atoms with Crippen LogP contribution in [0, 0.1) is 0 Å². The minimum absolute atomic E-state index is 0.219. The molecule has 2 rings (SSSR count). The van der Waals surface area contributed by atoms with Gasteiger partial charge in [-0.3, -0.25) is 0 Å². The first-order valence-electron chi connectivity index (χ1n) is 6.74. The largest absolute Gasteiger partial charge is 0.367 e. The van der Waals surface area contributed by atoms with Gasteiger partial charge in [-0.2, -0.15) is 0 Å². The van der Waals surface area contributed by atoms with E-state index >= 15 is 0 Å². The van der Waals surface area contributed by atoms with E-state index in [4.69, 9.17) is 0 Å². The Balaban J connectivity index is 2.39. The molecule has 1 aromatic rings. The van der Waals surface area contributed by atoms with Gasteiger partial charge in [-0.15, -0.1) is 0 Å². The predicted molar refractivity (Wildman–Crippen MR) is 82.9 cm³/mol. The van der Waals surface area contributed by atoms with Gasteiger partial charge in [0, 0.05) is 17.9 Å². The third-order valence-corrected chi connectivity index (χ3v) is 5.61. The summed E-state index contributed by atoms with van der Waals surface area (Å²) < 4.78 is 24.7. The van der Waals surface area contributed by atoms with E-state index in [2.05, 4.69) is 20.8 Å². The molecule has 3 nitrogen and oxygen atoms in total. The average molecular weight is 346 g/mol. The first-order valence-corrected chi connectivity index (χ1v) is 9.52. The van der Waals surface area contributed by atoms with Crippen LogP contribution in [0.1, 0.15) is 26.2 Å². The van der Waals surface area contributed by atoms with E-state index in [1.807, 2.05) is 25.1 Å². The number of halogens is 1. The Morgan fingerprint density at radius 2 is 2.00 bits per heavy atom. The number of hydrogen-bond donors (Lipinski definition) is 0. The van der Waals surface area contributed by atoms with Gasteiger partial charge < -0.3 is 4.90 Å². The third-order valence-electron chi connectivity index (χ3n) is 3.30. The molecule has 106 valence electrons. The molecule has 1 aliphatic rings. The van der Waals surface area contributed by atoms with Crippen LogP contribution in [-0.2, 0) is 9.84 Å². The summed E-state index contributed by atoms with van der Waals surface area (Å²) in [5.41, 5.74) is 0.873. The Bertz CT molecular complexity index is 526. The van der Waals surface area contributed by atoms with E-state index in [-0.39, 0.29) is 5.75 Å². The van der Waals surface area contributed by atoms with Crippen molar-refractivity contribution in [1.29, 1.82) is 0 Å². The molecule has 0 heterocycles. The molecule has 0 N–H and O–H groups in total. The second kappa shape index (κ2) is 6.27. The second-order valence-corrected chi connectivity index (χ2v) is 7.77. The molecule has 19 heavy (non-hydrogen) atoms. The molecule has 0 saturated heterocycles. The molecule has 0 atom stereocenters. The molecule has 0 aliphatic heterocycles.